The van der Waals surface area contributed by atoms with Crippen LogP contribution in [0.4, 0.5) is 0 Å². The molecule has 1 heterocycles. The van der Waals surface area contributed by atoms with Crippen molar-refractivity contribution in [3.8, 4) is 17.6 Å². The van der Waals surface area contributed by atoms with E-state index in [9.17, 15) is 10.1 Å². The van der Waals surface area contributed by atoms with Crippen LogP contribution in [0.3, 0.4) is 0 Å². The average molecular weight is 337 g/mol. The van der Waals surface area contributed by atoms with Crippen molar-refractivity contribution < 1.29 is 19.0 Å². The third kappa shape index (κ3) is 3.74. The van der Waals surface area contributed by atoms with E-state index in [2.05, 4.69) is 6.07 Å². The predicted molar refractivity (Wildman–Crippen MR) is 91.2 cm³/mol. The zero-order chi connectivity index (χ0) is 17.6. The Hall–Kier alpha value is -3.00. The summed E-state index contributed by atoms with van der Waals surface area (Å²) in [5.41, 5.74) is 1.91. The maximum atomic E-state index is 12.3. The van der Waals surface area contributed by atoms with Crippen molar-refractivity contribution in [2.75, 3.05) is 13.4 Å². The summed E-state index contributed by atoms with van der Waals surface area (Å²) in [4.78, 5) is 12.3. The first kappa shape index (κ1) is 16.8. The summed E-state index contributed by atoms with van der Waals surface area (Å²) < 4.78 is 15.9. The van der Waals surface area contributed by atoms with Gasteiger partial charge in [0.15, 0.2) is 17.4 Å². The maximum absolute atomic E-state index is 12.3. The lowest BCUT2D eigenvalue weighted by molar-refractivity contribution is -0.146. The summed E-state index contributed by atoms with van der Waals surface area (Å²) >= 11 is 0. The van der Waals surface area contributed by atoms with E-state index >= 15 is 0 Å². The summed E-state index contributed by atoms with van der Waals surface area (Å²) in [5.74, 6) is -0.409. The molecule has 0 aliphatic carbocycles. The van der Waals surface area contributed by atoms with Crippen molar-refractivity contribution in [3.63, 3.8) is 0 Å². The number of benzene rings is 2. The van der Waals surface area contributed by atoms with Crippen LogP contribution in [0, 0.1) is 17.2 Å². The zero-order valence-corrected chi connectivity index (χ0v) is 14.0. The van der Waals surface area contributed by atoms with Gasteiger partial charge in [-0.2, -0.15) is 5.26 Å². The van der Waals surface area contributed by atoms with Gasteiger partial charge >= 0.3 is 5.97 Å². The molecule has 5 nitrogen and oxygen atoms in total. The van der Waals surface area contributed by atoms with Gasteiger partial charge in [0.1, 0.15) is 0 Å². The maximum Gasteiger partial charge on any atom is 0.323 e. The Morgan fingerprint density at radius 2 is 1.96 bits per heavy atom. The molecule has 0 aromatic heterocycles. The predicted octanol–water partition coefficient (Wildman–Crippen LogP) is 3.44. The van der Waals surface area contributed by atoms with Gasteiger partial charge in [0.25, 0.3) is 0 Å². The van der Waals surface area contributed by atoms with E-state index in [4.69, 9.17) is 14.2 Å². The van der Waals surface area contributed by atoms with Crippen molar-refractivity contribution >= 4 is 5.97 Å². The molecule has 3 rings (SSSR count). The van der Waals surface area contributed by atoms with Crippen molar-refractivity contribution in [1.29, 1.82) is 5.26 Å². The Morgan fingerprint density at radius 1 is 1.20 bits per heavy atom. The Labute approximate surface area is 146 Å². The molecule has 128 valence electrons. The van der Waals surface area contributed by atoms with Crippen molar-refractivity contribution in [2.24, 2.45) is 5.92 Å². The lowest BCUT2D eigenvalue weighted by atomic mass is 9.82. The number of esters is 1. The van der Waals surface area contributed by atoms with E-state index in [0.717, 1.165) is 11.1 Å². The van der Waals surface area contributed by atoms with Gasteiger partial charge in [-0.15, -0.1) is 0 Å². The van der Waals surface area contributed by atoms with E-state index in [0.29, 0.717) is 17.9 Å². The second-order valence-corrected chi connectivity index (χ2v) is 5.77. The SMILES string of the molecule is CCOC(=O)[C@H](C#N)[C@H](Cc1ccccc1)c1ccc2c(c1)OCO2. The Morgan fingerprint density at radius 3 is 2.68 bits per heavy atom. The van der Waals surface area contributed by atoms with Crippen LogP contribution >= 0.6 is 0 Å². The highest BCUT2D eigenvalue weighted by Gasteiger charge is 2.32. The van der Waals surface area contributed by atoms with E-state index in [1.165, 1.54) is 0 Å². The Kier molecular flexibility index (Phi) is 5.20. The average Bonchev–Trinajstić information content (AvgIpc) is 3.10. The quantitative estimate of drug-likeness (QED) is 0.755. The number of carbonyl (C=O) groups is 1. The molecule has 0 bridgehead atoms. The molecule has 2 aromatic rings. The molecule has 1 aliphatic heterocycles. The van der Waals surface area contributed by atoms with Crippen molar-refractivity contribution in [2.45, 2.75) is 19.3 Å². The van der Waals surface area contributed by atoms with Crippen LogP contribution in [0.2, 0.25) is 0 Å². The standard InChI is InChI=1S/C20H19NO4/c1-2-23-20(22)17(12-21)16(10-14-6-4-3-5-7-14)15-8-9-18-19(11-15)25-13-24-18/h3-9,11,16-17H,2,10,13H2,1H3/t16-,17-/m1/s1. The highest BCUT2D eigenvalue weighted by molar-refractivity contribution is 5.76. The molecular weight excluding hydrogens is 318 g/mol. The van der Waals surface area contributed by atoms with Crippen LogP contribution in [0.1, 0.15) is 24.0 Å². The van der Waals surface area contributed by atoms with E-state index in [-0.39, 0.29) is 19.3 Å². The molecule has 0 spiro atoms. The Balaban J connectivity index is 1.96. The summed E-state index contributed by atoms with van der Waals surface area (Å²) in [6, 6.07) is 17.5. The first-order chi connectivity index (χ1) is 12.2. The number of ether oxygens (including phenoxy) is 3. The monoisotopic (exact) mass is 337 g/mol. The van der Waals surface area contributed by atoms with Gasteiger partial charge in [-0.25, -0.2) is 0 Å². The summed E-state index contributed by atoms with van der Waals surface area (Å²) in [7, 11) is 0. The largest absolute Gasteiger partial charge is 0.465 e. The van der Waals surface area contributed by atoms with E-state index < -0.39 is 11.9 Å². The number of fused-ring (bicyclic) bond motifs is 1. The molecule has 0 N–H and O–H groups in total. The molecule has 2 aromatic carbocycles. The number of rotatable bonds is 6. The minimum Gasteiger partial charge on any atom is -0.465 e. The van der Waals surface area contributed by atoms with Gasteiger partial charge in [-0.3, -0.25) is 4.79 Å². The molecule has 0 saturated heterocycles. The number of nitrogens with zero attached hydrogens (tertiary/aromatic N) is 1. The molecule has 0 amide bonds. The van der Waals surface area contributed by atoms with E-state index in [1.54, 1.807) is 6.92 Å². The molecular formula is C20H19NO4. The van der Waals surface area contributed by atoms with Gasteiger partial charge < -0.3 is 14.2 Å². The molecule has 2 atom stereocenters. The molecule has 25 heavy (non-hydrogen) atoms. The van der Waals surface area contributed by atoms with Gasteiger partial charge in [-0.05, 0) is 36.6 Å². The molecule has 5 heteroatoms. The molecule has 0 unspecified atom stereocenters. The number of nitriles is 1. The fourth-order valence-electron chi connectivity index (χ4n) is 2.98. The molecule has 0 radical (unpaired) electrons. The second-order valence-electron chi connectivity index (χ2n) is 5.77. The van der Waals surface area contributed by atoms with Crippen LogP contribution in [0.25, 0.3) is 0 Å². The highest BCUT2D eigenvalue weighted by Crippen LogP contribution is 2.38. The summed E-state index contributed by atoms with van der Waals surface area (Å²) in [6.07, 6.45) is 0.553. The molecule has 0 fully saturated rings. The number of carbonyl (C=O) groups excluding carboxylic acids is 1. The first-order valence-corrected chi connectivity index (χ1v) is 8.22. The van der Waals surface area contributed by atoms with Gasteiger partial charge in [-0.1, -0.05) is 36.4 Å². The van der Waals surface area contributed by atoms with Gasteiger partial charge in [0.05, 0.1) is 12.7 Å². The van der Waals surface area contributed by atoms with Crippen LogP contribution in [-0.4, -0.2) is 19.4 Å². The fraction of sp³-hybridized carbons (Fsp3) is 0.300. The second kappa shape index (κ2) is 7.71. The van der Waals surface area contributed by atoms with Gasteiger partial charge in [0, 0.05) is 5.92 Å². The third-order valence-corrected chi connectivity index (χ3v) is 4.21. The lowest BCUT2D eigenvalue weighted by Gasteiger charge is -2.22. The zero-order valence-electron chi connectivity index (χ0n) is 14.0. The third-order valence-electron chi connectivity index (χ3n) is 4.21. The smallest absolute Gasteiger partial charge is 0.323 e. The van der Waals surface area contributed by atoms with Crippen LogP contribution in [0.5, 0.6) is 11.5 Å². The molecule has 1 aliphatic rings. The topological polar surface area (TPSA) is 68.6 Å². The molecule has 0 saturated carbocycles. The normalized spacial score (nSPS) is 14.4. The van der Waals surface area contributed by atoms with Crippen LogP contribution < -0.4 is 9.47 Å². The lowest BCUT2D eigenvalue weighted by Crippen LogP contribution is -2.25. The fourth-order valence-corrected chi connectivity index (χ4v) is 2.98. The van der Waals surface area contributed by atoms with Crippen LogP contribution in [-0.2, 0) is 16.0 Å². The first-order valence-electron chi connectivity index (χ1n) is 8.22. The van der Waals surface area contributed by atoms with Crippen LogP contribution in [0.15, 0.2) is 48.5 Å². The summed E-state index contributed by atoms with van der Waals surface area (Å²) in [6.45, 7) is 2.16. The summed E-state index contributed by atoms with van der Waals surface area (Å²) in [5, 5.41) is 9.62. The Bertz CT molecular complexity index is 782. The van der Waals surface area contributed by atoms with Crippen molar-refractivity contribution in [3.05, 3.63) is 59.7 Å². The van der Waals surface area contributed by atoms with E-state index in [1.807, 2.05) is 48.5 Å². The highest BCUT2D eigenvalue weighted by atomic mass is 16.7. The van der Waals surface area contributed by atoms with Crippen molar-refractivity contribution in [1.82, 2.24) is 0 Å². The number of hydrogen-bond donors (Lipinski definition) is 0. The minimum atomic E-state index is -0.888. The van der Waals surface area contributed by atoms with Gasteiger partial charge in [0.2, 0.25) is 6.79 Å². The number of hydrogen-bond acceptors (Lipinski definition) is 5. The minimum absolute atomic E-state index is 0.182.